The van der Waals surface area contributed by atoms with Gasteiger partial charge in [-0.3, -0.25) is 4.98 Å². The predicted molar refractivity (Wildman–Crippen MR) is 84.9 cm³/mol. The molecule has 0 aliphatic rings. The Morgan fingerprint density at radius 1 is 0.857 bits per heavy atom. The molecule has 3 rings (SSSR count). The van der Waals surface area contributed by atoms with Crippen LogP contribution in [0.1, 0.15) is 22.8 Å². The maximum atomic E-state index is 10.5. The lowest BCUT2D eigenvalue weighted by Gasteiger charge is -2.14. The highest BCUT2D eigenvalue weighted by Crippen LogP contribution is 2.26. The van der Waals surface area contributed by atoms with Gasteiger partial charge in [-0.25, -0.2) is 0 Å². The summed E-state index contributed by atoms with van der Waals surface area (Å²) in [6.07, 6.45) is 2.87. The van der Waals surface area contributed by atoms with E-state index >= 15 is 0 Å². The lowest BCUT2D eigenvalue weighted by molar-refractivity contribution is 0.219. The van der Waals surface area contributed by atoms with E-state index in [1.807, 2.05) is 55.5 Å². The lowest BCUT2D eigenvalue weighted by atomic mass is 9.97. The standard InChI is InChI=1S/C19H17NO/c1-14-13-20-12-11-18(14)19(21)17-9-7-16(8-10-17)15-5-3-2-4-6-15/h2-13,19,21H,1H3. The van der Waals surface area contributed by atoms with Crippen LogP contribution in [0.2, 0.25) is 0 Å². The van der Waals surface area contributed by atoms with Crippen LogP contribution in [0.3, 0.4) is 0 Å². The summed E-state index contributed by atoms with van der Waals surface area (Å²) in [5.74, 6) is 0. The van der Waals surface area contributed by atoms with Gasteiger partial charge in [0.15, 0.2) is 0 Å². The van der Waals surface area contributed by atoms with Crippen LogP contribution in [0.5, 0.6) is 0 Å². The number of hydrogen-bond donors (Lipinski definition) is 1. The molecule has 1 heterocycles. The zero-order valence-corrected chi connectivity index (χ0v) is 11.9. The van der Waals surface area contributed by atoms with Crippen molar-refractivity contribution in [3.8, 4) is 11.1 Å². The Labute approximate surface area is 124 Å². The fourth-order valence-electron chi connectivity index (χ4n) is 2.46. The van der Waals surface area contributed by atoms with Crippen molar-refractivity contribution in [1.82, 2.24) is 4.98 Å². The zero-order valence-electron chi connectivity index (χ0n) is 11.9. The second-order valence-corrected chi connectivity index (χ2v) is 5.12. The Kier molecular flexibility index (Phi) is 3.80. The second-order valence-electron chi connectivity index (χ2n) is 5.12. The first-order chi connectivity index (χ1) is 10.3. The van der Waals surface area contributed by atoms with E-state index in [1.165, 1.54) is 5.56 Å². The summed E-state index contributed by atoms with van der Waals surface area (Å²) in [6.45, 7) is 1.96. The molecular formula is C19H17NO. The van der Waals surface area contributed by atoms with Gasteiger partial charge in [-0.1, -0.05) is 54.6 Å². The van der Waals surface area contributed by atoms with Crippen LogP contribution in [0.4, 0.5) is 0 Å². The van der Waals surface area contributed by atoms with Crippen LogP contribution in [-0.2, 0) is 0 Å². The van der Waals surface area contributed by atoms with Crippen molar-refractivity contribution in [3.63, 3.8) is 0 Å². The van der Waals surface area contributed by atoms with Crippen molar-refractivity contribution < 1.29 is 5.11 Å². The van der Waals surface area contributed by atoms with Gasteiger partial charge >= 0.3 is 0 Å². The number of pyridine rings is 1. The van der Waals surface area contributed by atoms with E-state index in [9.17, 15) is 5.11 Å². The highest BCUT2D eigenvalue weighted by atomic mass is 16.3. The summed E-state index contributed by atoms with van der Waals surface area (Å²) in [6, 6.07) is 20.1. The lowest BCUT2D eigenvalue weighted by Crippen LogP contribution is -2.02. The molecule has 1 N–H and O–H groups in total. The van der Waals surface area contributed by atoms with Crippen molar-refractivity contribution >= 4 is 0 Å². The van der Waals surface area contributed by atoms with Gasteiger partial charge in [0.2, 0.25) is 0 Å². The molecular weight excluding hydrogens is 258 g/mol. The zero-order chi connectivity index (χ0) is 14.7. The summed E-state index contributed by atoms with van der Waals surface area (Å²) in [4.78, 5) is 4.06. The Bertz CT molecular complexity index is 720. The highest BCUT2D eigenvalue weighted by Gasteiger charge is 2.12. The Morgan fingerprint density at radius 3 is 2.19 bits per heavy atom. The van der Waals surface area contributed by atoms with Gasteiger partial charge in [-0.15, -0.1) is 0 Å². The third-order valence-electron chi connectivity index (χ3n) is 3.69. The molecule has 1 atom stereocenters. The van der Waals surface area contributed by atoms with Gasteiger partial charge in [-0.2, -0.15) is 0 Å². The number of aliphatic hydroxyl groups excluding tert-OH is 1. The second kappa shape index (κ2) is 5.90. The van der Waals surface area contributed by atoms with Crippen LogP contribution in [0, 0.1) is 6.92 Å². The average Bonchev–Trinajstić information content (AvgIpc) is 2.56. The molecule has 21 heavy (non-hydrogen) atoms. The molecule has 0 amide bonds. The van der Waals surface area contributed by atoms with Crippen molar-refractivity contribution in [3.05, 3.63) is 89.7 Å². The molecule has 0 saturated carbocycles. The van der Waals surface area contributed by atoms with E-state index < -0.39 is 6.10 Å². The molecule has 0 spiro atoms. The molecule has 0 aliphatic heterocycles. The molecule has 0 aliphatic carbocycles. The molecule has 104 valence electrons. The van der Waals surface area contributed by atoms with E-state index in [0.29, 0.717) is 0 Å². The van der Waals surface area contributed by atoms with Crippen molar-refractivity contribution in [2.75, 3.05) is 0 Å². The van der Waals surface area contributed by atoms with E-state index in [1.54, 1.807) is 12.4 Å². The first-order valence-electron chi connectivity index (χ1n) is 6.99. The van der Waals surface area contributed by atoms with Crippen molar-refractivity contribution in [2.45, 2.75) is 13.0 Å². The molecule has 1 unspecified atom stereocenters. The molecule has 2 aromatic carbocycles. The molecule has 2 heteroatoms. The molecule has 3 aromatic rings. The van der Waals surface area contributed by atoms with E-state index in [4.69, 9.17) is 0 Å². The van der Waals surface area contributed by atoms with E-state index in [-0.39, 0.29) is 0 Å². The minimum Gasteiger partial charge on any atom is -0.384 e. The summed E-state index contributed by atoms with van der Waals surface area (Å²) < 4.78 is 0. The minimum atomic E-state index is -0.613. The van der Waals surface area contributed by atoms with Crippen molar-refractivity contribution in [1.29, 1.82) is 0 Å². The number of aromatic nitrogens is 1. The number of aryl methyl sites for hydroxylation is 1. The van der Waals surface area contributed by atoms with Gasteiger partial charge in [-0.05, 0) is 40.8 Å². The summed E-state index contributed by atoms with van der Waals surface area (Å²) in [5.41, 5.74) is 5.12. The largest absolute Gasteiger partial charge is 0.384 e. The smallest absolute Gasteiger partial charge is 0.104 e. The number of benzene rings is 2. The summed E-state index contributed by atoms with van der Waals surface area (Å²) in [5, 5.41) is 10.5. The fourth-order valence-corrected chi connectivity index (χ4v) is 2.46. The third-order valence-corrected chi connectivity index (χ3v) is 3.69. The van der Waals surface area contributed by atoms with Gasteiger partial charge in [0.25, 0.3) is 0 Å². The maximum absolute atomic E-state index is 10.5. The minimum absolute atomic E-state index is 0.613. The number of nitrogens with zero attached hydrogens (tertiary/aromatic N) is 1. The molecule has 0 fully saturated rings. The maximum Gasteiger partial charge on any atom is 0.104 e. The fraction of sp³-hybridized carbons (Fsp3) is 0.105. The number of rotatable bonds is 3. The van der Waals surface area contributed by atoms with Crippen molar-refractivity contribution in [2.24, 2.45) is 0 Å². The summed E-state index contributed by atoms with van der Waals surface area (Å²) >= 11 is 0. The normalized spacial score (nSPS) is 12.1. The molecule has 0 saturated heterocycles. The van der Waals surface area contributed by atoms with Crippen LogP contribution < -0.4 is 0 Å². The topological polar surface area (TPSA) is 33.1 Å². The van der Waals surface area contributed by atoms with Crippen LogP contribution in [-0.4, -0.2) is 10.1 Å². The highest BCUT2D eigenvalue weighted by molar-refractivity contribution is 5.63. The molecule has 0 radical (unpaired) electrons. The van der Waals surface area contributed by atoms with Gasteiger partial charge in [0.05, 0.1) is 0 Å². The molecule has 2 nitrogen and oxygen atoms in total. The average molecular weight is 275 g/mol. The van der Waals surface area contributed by atoms with E-state index in [2.05, 4.69) is 17.1 Å². The monoisotopic (exact) mass is 275 g/mol. The quantitative estimate of drug-likeness (QED) is 0.779. The number of hydrogen-bond acceptors (Lipinski definition) is 2. The molecule has 0 bridgehead atoms. The Balaban J connectivity index is 1.89. The third kappa shape index (κ3) is 2.86. The van der Waals surface area contributed by atoms with Crippen LogP contribution >= 0.6 is 0 Å². The van der Waals surface area contributed by atoms with Gasteiger partial charge < -0.3 is 5.11 Å². The van der Waals surface area contributed by atoms with Gasteiger partial charge in [0, 0.05) is 12.4 Å². The first-order valence-corrected chi connectivity index (χ1v) is 6.99. The predicted octanol–water partition coefficient (Wildman–Crippen LogP) is 4.14. The Morgan fingerprint density at radius 2 is 1.52 bits per heavy atom. The first kappa shape index (κ1) is 13.5. The van der Waals surface area contributed by atoms with Crippen LogP contribution in [0.25, 0.3) is 11.1 Å². The van der Waals surface area contributed by atoms with E-state index in [0.717, 1.165) is 22.3 Å². The number of aliphatic hydroxyl groups is 1. The van der Waals surface area contributed by atoms with Crippen LogP contribution in [0.15, 0.2) is 73.1 Å². The van der Waals surface area contributed by atoms with Gasteiger partial charge in [0.1, 0.15) is 6.10 Å². The molecule has 1 aromatic heterocycles. The SMILES string of the molecule is Cc1cnccc1C(O)c1ccc(-c2ccccc2)cc1. The Hall–Kier alpha value is -2.45. The summed E-state index contributed by atoms with van der Waals surface area (Å²) in [7, 11) is 0.